The smallest absolute Gasteiger partial charge is 0.274 e. The van der Waals surface area contributed by atoms with Crippen LogP contribution in [-0.4, -0.2) is 16.8 Å². The average molecular weight is 291 g/mol. The first kappa shape index (κ1) is 14.6. The fraction of sp³-hybridized carbons (Fsp3) is 0.0714. The number of amides is 2. The van der Waals surface area contributed by atoms with Gasteiger partial charge in [-0.25, -0.2) is 9.37 Å². The highest BCUT2D eigenvalue weighted by molar-refractivity contribution is 6.03. The number of carbonyl (C=O) groups is 2. The molecule has 108 valence electrons. The molecule has 0 fully saturated rings. The molecule has 0 aliphatic heterocycles. The van der Waals surface area contributed by atoms with Crippen LogP contribution in [0.2, 0.25) is 0 Å². The van der Waals surface area contributed by atoms with Crippen LogP contribution in [0, 0.1) is 11.8 Å². The van der Waals surface area contributed by atoms with E-state index < -0.39 is 23.6 Å². The van der Waals surface area contributed by atoms with E-state index in [4.69, 9.17) is 0 Å². The number of halogens is 2. The highest BCUT2D eigenvalue weighted by Crippen LogP contribution is 2.20. The van der Waals surface area contributed by atoms with Gasteiger partial charge < -0.3 is 10.6 Å². The number of benzene rings is 1. The average Bonchev–Trinajstić information content (AvgIpc) is 2.42. The molecule has 2 amide bonds. The van der Waals surface area contributed by atoms with Crippen molar-refractivity contribution >= 4 is 23.2 Å². The van der Waals surface area contributed by atoms with Crippen molar-refractivity contribution < 1.29 is 18.4 Å². The Morgan fingerprint density at radius 1 is 1.10 bits per heavy atom. The van der Waals surface area contributed by atoms with E-state index in [-0.39, 0.29) is 17.1 Å². The van der Waals surface area contributed by atoms with Crippen LogP contribution in [0.25, 0.3) is 0 Å². The zero-order valence-electron chi connectivity index (χ0n) is 11.0. The Bertz CT molecular complexity index is 704. The zero-order valence-corrected chi connectivity index (χ0v) is 11.0. The first-order valence-corrected chi connectivity index (χ1v) is 5.97. The minimum absolute atomic E-state index is 0.0625. The third-order valence-corrected chi connectivity index (χ3v) is 2.48. The number of rotatable bonds is 3. The minimum Gasteiger partial charge on any atom is -0.324 e. The first-order chi connectivity index (χ1) is 9.95. The molecule has 0 atom stereocenters. The summed E-state index contributed by atoms with van der Waals surface area (Å²) in [5.74, 6) is -2.49. The zero-order chi connectivity index (χ0) is 15.4. The summed E-state index contributed by atoms with van der Waals surface area (Å²) in [7, 11) is 0. The van der Waals surface area contributed by atoms with Gasteiger partial charge >= 0.3 is 0 Å². The lowest BCUT2D eigenvalue weighted by Crippen LogP contribution is -2.15. The molecule has 2 aromatic rings. The van der Waals surface area contributed by atoms with Gasteiger partial charge in [-0.05, 0) is 30.3 Å². The molecule has 0 saturated heterocycles. The summed E-state index contributed by atoms with van der Waals surface area (Å²) in [4.78, 5) is 26.2. The minimum atomic E-state index is -0.777. The van der Waals surface area contributed by atoms with E-state index in [1.165, 1.54) is 31.2 Å². The first-order valence-electron chi connectivity index (χ1n) is 5.97. The Hall–Kier alpha value is -2.83. The Morgan fingerprint density at radius 2 is 1.86 bits per heavy atom. The molecule has 2 N–H and O–H groups in total. The third kappa shape index (κ3) is 3.82. The fourth-order valence-corrected chi connectivity index (χ4v) is 1.62. The van der Waals surface area contributed by atoms with E-state index in [1.54, 1.807) is 0 Å². The lowest BCUT2D eigenvalue weighted by atomic mass is 10.2. The standard InChI is InChI=1S/C14H11F2N3O2/c1-8(20)17-12-7-9(5-6-10(12)15)18-14(21)11-3-2-4-13(16)19-11/h2-7H,1H3,(H,17,20)(H,18,21). The van der Waals surface area contributed by atoms with Gasteiger partial charge in [0.1, 0.15) is 11.5 Å². The Labute approximate surface area is 119 Å². The Morgan fingerprint density at radius 3 is 2.52 bits per heavy atom. The van der Waals surface area contributed by atoms with Crippen molar-refractivity contribution in [2.24, 2.45) is 0 Å². The van der Waals surface area contributed by atoms with Gasteiger partial charge in [0.15, 0.2) is 0 Å². The van der Waals surface area contributed by atoms with Gasteiger partial charge in [0, 0.05) is 12.6 Å². The normalized spacial score (nSPS) is 10.0. The molecule has 1 heterocycles. The van der Waals surface area contributed by atoms with E-state index in [1.807, 2.05) is 0 Å². The maximum Gasteiger partial charge on any atom is 0.274 e. The SMILES string of the molecule is CC(=O)Nc1cc(NC(=O)c2cccc(F)n2)ccc1F. The molecule has 0 radical (unpaired) electrons. The van der Waals surface area contributed by atoms with Gasteiger partial charge in [0.2, 0.25) is 11.9 Å². The Kier molecular flexibility index (Phi) is 4.22. The molecule has 1 aromatic carbocycles. The number of nitrogens with one attached hydrogen (secondary N) is 2. The van der Waals surface area contributed by atoms with Crippen LogP contribution in [0.5, 0.6) is 0 Å². The molecule has 7 heteroatoms. The molecule has 0 aliphatic rings. The van der Waals surface area contributed by atoms with Crippen molar-refractivity contribution in [3.63, 3.8) is 0 Å². The van der Waals surface area contributed by atoms with Crippen molar-refractivity contribution in [2.75, 3.05) is 10.6 Å². The van der Waals surface area contributed by atoms with Crippen LogP contribution in [0.4, 0.5) is 20.2 Å². The molecule has 0 aliphatic carbocycles. The molecule has 0 unspecified atom stereocenters. The largest absolute Gasteiger partial charge is 0.324 e. The molecule has 0 bridgehead atoms. The van der Waals surface area contributed by atoms with Crippen molar-refractivity contribution in [1.82, 2.24) is 4.98 Å². The lowest BCUT2D eigenvalue weighted by molar-refractivity contribution is -0.114. The molecule has 0 saturated carbocycles. The second-order valence-corrected chi connectivity index (χ2v) is 4.18. The molecular formula is C14H11F2N3O2. The molecule has 21 heavy (non-hydrogen) atoms. The molecule has 0 spiro atoms. The predicted molar refractivity (Wildman–Crippen MR) is 72.9 cm³/mol. The summed E-state index contributed by atoms with van der Waals surface area (Å²) in [5.41, 5.74) is 0.0733. The molecule has 1 aromatic heterocycles. The quantitative estimate of drug-likeness (QED) is 0.854. The third-order valence-electron chi connectivity index (χ3n) is 2.48. The number of aromatic nitrogens is 1. The van der Waals surface area contributed by atoms with Gasteiger partial charge in [0.25, 0.3) is 5.91 Å². The van der Waals surface area contributed by atoms with Gasteiger partial charge in [-0.15, -0.1) is 0 Å². The van der Waals surface area contributed by atoms with Crippen molar-refractivity contribution in [2.45, 2.75) is 6.92 Å². The summed E-state index contributed by atoms with van der Waals surface area (Å²) < 4.78 is 26.4. The van der Waals surface area contributed by atoms with Gasteiger partial charge in [-0.2, -0.15) is 4.39 Å². The maximum atomic E-state index is 13.5. The van der Waals surface area contributed by atoms with Crippen LogP contribution >= 0.6 is 0 Å². The topological polar surface area (TPSA) is 71.1 Å². The van der Waals surface area contributed by atoms with Gasteiger partial charge in [0.05, 0.1) is 5.69 Å². The van der Waals surface area contributed by atoms with Crippen LogP contribution < -0.4 is 10.6 Å². The van der Waals surface area contributed by atoms with Crippen molar-refractivity contribution in [1.29, 1.82) is 0 Å². The monoisotopic (exact) mass is 291 g/mol. The van der Waals surface area contributed by atoms with Gasteiger partial charge in [-0.3, -0.25) is 9.59 Å². The molecule has 2 rings (SSSR count). The summed E-state index contributed by atoms with van der Waals surface area (Å²) in [6.45, 7) is 1.24. The van der Waals surface area contributed by atoms with E-state index in [0.717, 1.165) is 12.1 Å². The van der Waals surface area contributed by atoms with Crippen LogP contribution in [0.1, 0.15) is 17.4 Å². The van der Waals surface area contributed by atoms with Crippen LogP contribution in [0.15, 0.2) is 36.4 Å². The van der Waals surface area contributed by atoms with Crippen molar-refractivity contribution in [3.8, 4) is 0 Å². The lowest BCUT2D eigenvalue weighted by Gasteiger charge is -2.08. The maximum absolute atomic E-state index is 13.5. The number of hydrogen-bond donors (Lipinski definition) is 2. The van der Waals surface area contributed by atoms with Crippen LogP contribution in [0.3, 0.4) is 0 Å². The second kappa shape index (κ2) is 6.08. The fourth-order valence-electron chi connectivity index (χ4n) is 1.62. The summed E-state index contributed by atoms with van der Waals surface area (Å²) in [6.07, 6.45) is 0. The Balaban J connectivity index is 2.19. The van der Waals surface area contributed by atoms with E-state index >= 15 is 0 Å². The van der Waals surface area contributed by atoms with E-state index in [9.17, 15) is 18.4 Å². The van der Waals surface area contributed by atoms with Crippen LogP contribution in [-0.2, 0) is 4.79 Å². The van der Waals surface area contributed by atoms with E-state index in [2.05, 4.69) is 15.6 Å². The van der Waals surface area contributed by atoms with E-state index in [0.29, 0.717) is 0 Å². The number of carbonyl (C=O) groups excluding carboxylic acids is 2. The summed E-state index contributed by atoms with van der Waals surface area (Å²) in [5, 5.41) is 4.73. The number of hydrogen-bond acceptors (Lipinski definition) is 3. The van der Waals surface area contributed by atoms with Gasteiger partial charge in [-0.1, -0.05) is 6.07 Å². The highest BCUT2D eigenvalue weighted by Gasteiger charge is 2.11. The summed E-state index contributed by atoms with van der Waals surface area (Å²) in [6, 6.07) is 7.48. The summed E-state index contributed by atoms with van der Waals surface area (Å²) >= 11 is 0. The second-order valence-electron chi connectivity index (χ2n) is 4.18. The predicted octanol–water partition coefficient (Wildman–Crippen LogP) is 2.57. The molecule has 5 nitrogen and oxygen atoms in total. The number of pyridine rings is 1. The van der Waals surface area contributed by atoms with Crippen molar-refractivity contribution in [3.05, 3.63) is 53.9 Å². The number of anilines is 2. The molecular weight excluding hydrogens is 280 g/mol. The number of nitrogens with zero attached hydrogens (tertiary/aromatic N) is 1. The highest BCUT2D eigenvalue weighted by atomic mass is 19.1.